The first-order valence-electron chi connectivity index (χ1n) is 3.85. The third-order valence-corrected chi connectivity index (χ3v) is 1.30. The summed E-state index contributed by atoms with van der Waals surface area (Å²) in [6, 6.07) is 0. The molecule has 0 bridgehead atoms. The number of carbonyl (C=O) groups is 1. The Labute approximate surface area is 78.4 Å². The summed E-state index contributed by atoms with van der Waals surface area (Å²) >= 11 is 0. The van der Waals surface area contributed by atoms with E-state index < -0.39 is 18.9 Å². The van der Waals surface area contributed by atoms with E-state index in [1.54, 1.807) is 0 Å². The minimum absolute atomic E-state index is 0.299. The van der Waals surface area contributed by atoms with Gasteiger partial charge < -0.3 is 10.1 Å². The zero-order valence-electron chi connectivity index (χ0n) is 7.17. The molecule has 1 amide bonds. The fourth-order valence-corrected chi connectivity index (χ4v) is 0.709. The van der Waals surface area contributed by atoms with E-state index in [0.717, 1.165) is 0 Å². The Hall–Kier alpha value is -1.66. The lowest BCUT2D eigenvalue weighted by atomic mass is 10.5. The molecule has 0 unspecified atom stereocenters. The Bertz CT molecular complexity index is 276. The molecule has 0 aromatic carbocycles. The molecule has 1 aromatic heterocycles. The maximum atomic E-state index is 11.6. The molecular formula is C7H9F2N3O2. The van der Waals surface area contributed by atoms with Crippen molar-refractivity contribution in [1.29, 1.82) is 0 Å². The number of alkyl halides is 2. The monoisotopic (exact) mass is 205 g/mol. The zero-order valence-corrected chi connectivity index (χ0v) is 7.17. The van der Waals surface area contributed by atoms with Gasteiger partial charge in [-0.3, -0.25) is 9.89 Å². The summed E-state index contributed by atoms with van der Waals surface area (Å²) in [6.07, 6.45) is 0.272. The molecule has 5 nitrogen and oxygen atoms in total. The van der Waals surface area contributed by atoms with Crippen LogP contribution in [-0.4, -0.2) is 35.7 Å². The van der Waals surface area contributed by atoms with Gasteiger partial charge in [0, 0.05) is 0 Å². The highest BCUT2D eigenvalue weighted by Crippen LogP contribution is 2.03. The van der Waals surface area contributed by atoms with Crippen LogP contribution in [0.25, 0.3) is 0 Å². The molecule has 0 fully saturated rings. The van der Waals surface area contributed by atoms with Gasteiger partial charge in [0.15, 0.2) is 12.4 Å². The molecule has 2 N–H and O–H groups in total. The zero-order chi connectivity index (χ0) is 10.4. The third kappa shape index (κ3) is 3.83. The molecule has 0 aliphatic heterocycles. The summed E-state index contributed by atoms with van der Waals surface area (Å²) in [5.41, 5.74) is 0. The molecule has 78 valence electrons. The SMILES string of the molecule is O=C(COc1cn[nH]c1)NCC(F)F. The number of hydrogen-bond acceptors (Lipinski definition) is 3. The highest BCUT2D eigenvalue weighted by molar-refractivity contribution is 5.77. The van der Waals surface area contributed by atoms with Crippen molar-refractivity contribution in [3.63, 3.8) is 0 Å². The van der Waals surface area contributed by atoms with Crippen LogP contribution in [0.1, 0.15) is 0 Å². The lowest BCUT2D eigenvalue weighted by Gasteiger charge is -2.04. The van der Waals surface area contributed by atoms with E-state index in [-0.39, 0.29) is 6.61 Å². The van der Waals surface area contributed by atoms with Crippen LogP contribution in [0, 0.1) is 0 Å². The van der Waals surface area contributed by atoms with Crippen LogP contribution < -0.4 is 10.1 Å². The molecule has 0 atom stereocenters. The number of hydrogen-bond donors (Lipinski definition) is 2. The Morgan fingerprint density at radius 1 is 1.71 bits per heavy atom. The van der Waals surface area contributed by atoms with Crippen molar-refractivity contribution in [2.45, 2.75) is 6.43 Å². The maximum Gasteiger partial charge on any atom is 0.258 e. The Kier molecular flexibility index (Phi) is 3.84. The predicted molar refractivity (Wildman–Crippen MR) is 43.1 cm³/mol. The largest absolute Gasteiger partial charge is 0.480 e. The summed E-state index contributed by atoms with van der Waals surface area (Å²) in [7, 11) is 0. The van der Waals surface area contributed by atoms with Crippen molar-refractivity contribution in [3.8, 4) is 5.75 Å². The van der Waals surface area contributed by atoms with Gasteiger partial charge in [-0.05, 0) is 0 Å². The normalized spacial score (nSPS) is 10.2. The Balaban J connectivity index is 2.15. The number of rotatable bonds is 5. The summed E-state index contributed by atoms with van der Waals surface area (Å²) in [4.78, 5) is 10.8. The quantitative estimate of drug-likeness (QED) is 0.720. The second kappa shape index (κ2) is 5.15. The first-order valence-corrected chi connectivity index (χ1v) is 3.85. The molecule has 14 heavy (non-hydrogen) atoms. The van der Waals surface area contributed by atoms with Crippen molar-refractivity contribution < 1.29 is 18.3 Å². The summed E-state index contributed by atoms with van der Waals surface area (Å²) in [6.45, 7) is -0.958. The van der Waals surface area contributed by atoms with E-state index in [2.05, 4.69) is 10.2 Å². The number of amides is 1. The average Bonchev–Trinajstić information content (AvgIpc) is 2.63. The fourth-order valence-electron chi connectivity index (χ4n) is 0.709. The number of aromatic amines is 1. The molecule has 0 aliphatic rings. The topological polar surface area (TPSA) is 67.0 Å². The summed E-state index contributed by atoms with van der Waals surface area (Å²) in [5.74, 6) is -0.205. The number of ether oxygens (including phenoxy) is 1. The van der Waals surface area contributed by atoms with Gasteiger partial charge in [0.25, 0.3) is 12.3 Å². The Morgan fingerprint density at radius 3 is 3.07 bits per heavy atom. The molecule has 1 rings (SSSR count). The van der Waals surface area contributed by atoms with Crippen molar-refractivity contribution >= 4 is 5.91 Å². The number of H-pyrrole nitrogens is 1. The first kappa shape index (κ1) is 10.4. The number of nitrogens with zero attached hydrogens (tertiary/aromatic N) is 1. The molecular weight excluding hydrogens is 196 g/mol. The van der Waals surface area contributed by atoms with Crippen LogP contribution in [0.2, 0.25) is 0 Å². The Morgan fingerprint density at radius 2 is 2.50 bits per heavy atom. The van der Waals surface area contributed by atoms with Gasteiger partial charge in [0.1, 0.15) is 0 Å². The second-order valence-electron chi connectivity index (χ2n) is 2.42. The van der Waals surface area contributed by atoms with Gasteiger partial charge in [-0.1, -0.05) is 0 Å². The molecule has 0 radical (unpaired) electrons. The van der Waals surface area contributed by atoms with Crippen molar-refractivity contribution in [1.82, 2.24) is 15.5 Å². The molecule has 1 aromatic rings. The number of carbonyl (C=O) groups excluding carboxylic acids is 1. The highest BCUT2D eigenvalue weighted by Gasteiger charge is 2.06. The van der Waals surface area contributed by atoms with Crippen LogP contribution in [0.4, 0.5) is 8.78 Å². The first-order chi connectivity index (χ1) is 6.68. The highest BCUT2D eigenvalue weighted by atomic mass is 19.3. The lowest BCUT2D eigenvalue weighted by molar-refractivity contribution is -0.123. The van der Waals surface area contributed by atoms with Crippen molar-refractivity contribution in [3.05, 3.63) is 12.4 Å². The van der Waals surface area contributed by atoms with Gasteiger partial charge in [0.05, 0.1) is 18.9 Å². The summed E-state index contributed by atoms with van der Waals surface area (Å²) in [5, 5.41) is 8.05. The van der Waals surface area contributed by atoms with E-state index in [1.165, 1.54) is 12.4 Å². The fraction of sp³-hybridized carbons (Fsp3) is 0.429. The standard InChI is InChI=1S/C7H9F2N3O2/c8-6(9)3-10-7(13)4-14-5-1-11-12-2-5/h1-2,6H,3-4H2,(H,10,13)(H,11,12). The minimum atomic E-state index is -2.55. The van der Waals surface area contributed by atoms with Gasteiger partial charge in [-0.2, -0.15) is 5.10 Å². The lowest BCUT2D eigenvalue weighted by Crippen LogP contribution is -2.32. The molecule has 0 saturated carbocycles. The van der Waals surface area contributed by atoms with Crippen LogP contribution in [0.5, 0.6) is 5.75 Å². The summed E-state index contributed by atoms with van der Waals surface area (Å²) < 4.78 is 28.2. The number of aromatic nitrogens is 2. The van der Waals surface area contributed by atoms with Gasteiger partial charge in [-0.25, -0.2) is 8.78 Å². The van der Waals surface area contributed by atoms with E-state index >= 15 is 0 Å². The van der Waals surface area contributed by atoms with Crippen molar-refractivity contribution in [2.24, 2.45) is 0 Å². The van der Waals surface area contributed by atoms with Gasteiger partial charge in [0.2, 0.25) is 0 Å². The molecule has 0 aliphatic carbocycles. The second-order valence-corrected chi connectivity index (χ2v) is 2.42. The van der Waals surface area contributed by atoms with E-state index in [1.807, 2.05) is 5.32 Å². The molecule has 0 spiro atoms. The molecule has 7 heteroatoms. The van der Waals surface area contributed by atoms with Crippen molar-refractivity contribution in [2.75, 3.05) is 13.2 Å². The maximum absolute atomic E-state index is 11.6. The average molecular weight is 205 g/mol. The number of nitrogens with one attached hydrogen (secondary N) is 2. The van der Waals surface area contributed by atoms with Gasteiger partial charge in [-0.15, -0.1) is 0 Å². The van der Waals surface area contributed by atoms with Crippen LogP contribution in [0.15, 0.2) is 12.4 Å². The van der Waals surface area contributed by atoms with Gasteiger partial charge >= 0.3 is 0 Å². The predicted octanol–water partition coefficient (Wildman–Crippen LogP) is 0.170. The minimum Gasteiger partial charge on any atom is -0.480 e. The van der Waals surface area contributed by atoms with E-state index in [0.29, 0.717) is 5.75 Å². The van der Waals surface area contributed by atoms with Crippen LogP contribution in [0.3, 0.4) is 0 Å². The van der Waals surface area contributed by atoms with Crippen LogP contribution in [-0.2, 0) is 4.79 Å². The van der Waals surface area contributed by atoms with E-state index in [9.17, 15) is 13.6 Å². The van der Waals surface area contributed by atoms with Crippen LogP contribution >= 0.6 is 0 Å². The molecule has 1 heterocycles. The molecule has 0 saturated heterocycles. The number of halogens is 2. The van der Waals surface area contributed by atoms with E-state index in [4.69, 9.17) is 4.74 Å². The third-order valence-electron chi connectivity index (χ3n) is 1.30. The smallest absolute Gasteiger partial charge is 0.258 e.